The van der Waals surface area contributed by atoms with E-state index in [1.165, 1.54) is 29.4 Å². The molecule has 0 spiro atoms. The number of nitrogens with zero attached hydrogens (tertiary/aromatic N) is 4. The maximum Gasteiger partial charge on any atom is 0.586 e. The van der Waals surface area contributed by atoms with Gasteiger partial charge in [0.25, 0.3) is 5.56 Å². The van der Waals surface area contributed by atoms with E-state index in [4.69, 9.17) is 23.2 Å². The number of imidazole rings is 1. The Kier molecular flexibility index (Phi) is 5.16. The molecule has 1 saturated carbocycles. The summed E-state index contributed by atoms with van der Waals surface area (Å²) in [6, 6.07) is 8.86. The number of halogens is 4. The summed E-state index contributed by atoms with van der Waals surface area (Å²) in [5.41, 5.74) is 1.18. The van der Waals surface area contributed by atoms with Crippen LogP contribution in [0.15, 0.2) is 47.5 Å². The highest BCUT2D eigenvalue weighted by molar-refractivity contribution is 6.42. The van der Waals surface area contributed by atoms with Crippen LogP contribution in [0.3, 0.4) is 0 Å². The topological polar surface area (TPSA) is 102 Å². The second kappa shape index (κ2) is 8.17. The standard InChI is InChI=1S/C23H15Cl2F2N5O4/c24-14-5-1-11(7-15(14)25)19-20-21(29-10-28-20)22(34)31(30-19)9-18(33)32(12-2-3-12)13-4-6-16-17(8-13)36-23(26,27)35-16/h1,4-8,10,12H,2-3,9H2,(H,28,29). The maximum absolute atomic E-state index is 13.5. The lowest BCUT2D eigenvalue weighted by atomic mass is 10.1. The van der Waals surface area contributed by atoms with Crippen LogP contribution >= 0.6 is 23.2 Å². The third kappa shape index (κ3) is 3.94. The molecular weight excluding hydrogens is 519 g/mol. The van der Waals surface area contributed by atoms with E-state index in [-0.39, 0.29) is 23.1 Å². The summed E-state index contributed by atoms with van der Waals surface area (Å²) in [4.78, 5) is 35.0. The molecule has 0 atom stereocenters. The highest BCUT2D eigenvalue weighted by Crippen LogP contribution is 2.44. The zero-order valence-corrected chi connectivity index (χ0v) is 19.7. The van der Waals surface area contributed by atoms with Crippen molar-refractivity contribution in [1.29, 1.82) is 0 Å². The van der Waals surface area contributed by atoms with Crippen molar-refractivity contribution in [2.45, 2.75) is 31.7 Å². The van der Waals surface area contributed by atoms with Crippen LogP contribution in [0.25, 0.3) is 22.3 Å². The fourth-order valence-corrected chi connectivity index (χ4v) is 4.41. The van der Waals surface area contributed by atoms with E-state index in [1.54, 1.807) is 18.2 Å². The Bertz CT molecular complexity index is 1600. The molecule has 2 aromatic heterocycles. The number of rotatable bonds is 5. The molecular formula is C23H15Cl2F2N5O4. The van der Waals surface area contributed by atoms with Crippen LogP contribution < -0.4 is 19.9 Å². The summed E-state index contributed by atoms with van der Waals surface area (Å²) in [5.74, 6) is -0.746. The molecule has 1 amide bonds. The second-order valence-corrected chi connectivity index (χ2v) is 9.17. The third-order valence-electron chi connectivity index (χ3n) is 5.85. The van der Waals surface area contributed by atoms with Gasteiger partial charge in [0.05, 0.1) is 16.4 Å². The first-order chi connectivity index (χ1) is 17.2. The Hall–Kier alpha value is -3.70. The van der Waals surface area contributed by atoms with Gasteiger partial charge in [-0.1, -0.05) is 29.3 Å². The van der Waals surface area contributed by atoms with Crippen molar-refractivity contribution >= 4 is 45.8 Å². The minimum atomic E-state index is -3.77. The predicted molar refractivity (Wildman–Crippen MR) is 127 cm³/mol. The van der Waals surface area contributed by atoms with Gasteiger partial charge in [-0.05, 0) is 37.1 Å². The molecule has 3 heterocycles. The van der Waals surface area contributed by atoms with E-state index in [1.807, 2.05) is 0 Å². The Morgan fingerprint density at radius 3 is 2.67 bits per heavy atom. The predicted octanol–water partition coefficient (Wildman–Crippen LogP) is 4.61. The SMILES string of the molecule is O=C(Cn1nc(-c2ccc(Cl)c(Cl)c2)c2nc[nH]c2c1=O)N(c1ccc2c(c1)OC(F)(F)O2)C1CC1. The molecule has 2 aliphatic rings. The van der Waals surface area contributed by atoms with E-state index in [2.05, 4.69) is 24.5 Å². The molecule has 36 heavy (non-hydrogen) atoms. The summed E-state index contributed by atoms with van der Waals surface area (Å²) in [7, 11) is 0. The number of hydrogen-bond acceptors (Lipinski definition) is 6. The zero-order valence-electron chi connectivity index (χ0n) is 18.2. The monoisotopic (exact) mass is 533 g/mol. The van der Waals surface area contributed by atoms with Gasteiger partial charge in [-0.15, -0.1) is 8.78 Å². The molecule has 0 saturated heterocycles. The van der Waals surface area contributed by atoms with Crippen molar-refractivity contribution < 1.29 is 23.0 Å². The minimum absolute atomic E-state index is 0.124. The first kappa shape index (κ1) is 22.7. The van der Waals surface area contributed by atoms with Crippen LogP contribution in [-0.2, 0) is 11.3 Å². The number of nitrogens with one attached hydrogen (secondary N) is 1. The Morgan fingerprint density at radius 1 is 1.14 bits per heavy atom. The maximum atomic E-state index is 13.5. The highest BCUT2D eigenvalue weighted by atomic mass is 35.5. The van der Waals surface area contributed by atoms with E-state index < -0.39 is 24.3 Å². The van der Waals surface area contributed by atoms with Gasteiger partial charge in [0.1, 0.15) is 23.3 Å². The fourth-order valence-electron chi connectivity index (χ4n) is 4.11. The molecule has 1 aliphatic carbocycles. The zero-order chi connectivity index (χ0) is 25.2. The van der Waals surface area contributed by atoms with Crippen molar-refractivity contribution in [2.24, 2.45) is 0 Å². The fraction of sp³-hybridized carbons (Fsp3) is 0.217. The molecule has 2 aromatic carbocycles. The molecule has 0 radical (unpaired) electrons. The van der Waals surface area contributed by atoms with Crippen LogP contribution in [0.5, 0.6) is 11.5 Å². The molecule has 4 aromatic rings. The number of carbonyl (C=O) groups excluding carboxylic acids is 1. The van der Waals surface area contributed by atoms with Crippen molar-refractivity contribution in [3.8, 4) is 22.8 Å². The molecule has 6 rings (SSSR count). The number of alkyl halides is 2. The number of anilines is 1. The summed E-state index contributed by atoms with van der Waals surface area (Å²) >= 11 is 12.2. The van der Waals surface area contributed by atoms with Gasteiger partial charge in [-0.3, -0.25) is 9.59 Å². The average Bonchev–Trinajstić information content (AvgIpc) is 3.42. The Labute approximate surface area is 211 Å². The first-order valence-corrected chi connectivity index (χ1v) is 11.6. The smallest absolute Gasteiger partial charge is 0.395 e. The van der Waals surface area contributed by atoms with Crippen molar-refractivity contribution in [3.05, 3.63) is 63.1 Å². The minimum Gasteiger partial charge on any atom is -0.395 e. The Balaban J connectivity index is 1.37. The van der Waals surface area contributed by atoms with Gasteiger partial charge in [0.2, 0.25) is 5.91 Å². The molecule has 9 nitrogen and oxygen atoms in total. The van der Waals surface area contributed by atoms with Crippen molar-refractivity contribution in [1.82, 2.24) is 19.7 Å². The van der Waals surface area contributed by atoms with Gasteiger partial charge in [0, 0.05) is 23.4 Å². The number of amides is 1. The van der Waals surface area contributed by atoms with Gasteiger partial charge in [-0.25, -0.2) is 9.67 Å². The quantitative estimate of drug-likeness (QED) is 0.401. The van der Waals surface area contributed by atoms with Crippen LogP contribution in [0.1, 0.15) is 12.8 Å². The molecule has 0 unspecified atom stereocenters. The lowest BCUT2D eigenvalue weighted by Gasteiger charge is -2.23. The average molecular weight is 534 g/mol. The number of hydrogen-bond donors (Lipinski definition) is 1. The summed E-state index contributed by atoms with van der Waals surface area (Å²) in [6.07, 6.45) is -0.952. The van der Waals surface area contributed by atoms with Gasteiger partial charge >= 0.3 is 6.29 Å². The van der Waals surface area contributed by atoms with Crippen LogP contribution in [0.2, 0.25) is 10.0 Å². The largest absolute Gasteiger partial charge is 0.586 e. The lowest BCUT2D eigenvalue weighted by Crippen LogP contribution is -2.39. The number of benzene rings is 2. The summed E-state index contributed by atoms with van der Waals surface area (Å²) < 4.78 is 36.9. The van der Waals surface area contributed by atoms with Crippen LogP contribution in [0.4, 0.5) is 14.5 Å². The molecule has 13 heteroatoms. The molecule has 1 N–H and O–H groups in total. The molecule has 0 bridgehead atoms. The number of fused-ring (bicyclic) bond motifs is 2. The number of ether oxygens (including phenoxy) is 2. The molecule has 1 aliphatic heterocycles. The summed E-state index contributed by atoms with van der Waals surface area (Å²) in [6.45, 7) is -0.400. The molecule has 184 valence electrons. The first-order valence-electron chi connectivity index (χ1n) is 10.8. The second-order valence-electron chi connectivity index (χ2n) is 8.36. The normalized spacial score (nSPS) is 15.9. The lowest BCUT2D eigenvalue weighted by molar-refractivity contribution is -0.286. The van der Waals surface area contributed by atoms with Gasteiger partial charge in [0.15, 0.2) is 11.5 Å². The Morgan fingerprint density at radius 2 is 1.92 bits per heavy atom. The number of aromatic amines is 1. The summed E-state index contributed by atoms with van der Waals surface area (Å²) in [5, 5.41) is 5.06. The van der Waals surface area contributed by atoms with E-state index in [0.29, 0.717) is 32.5 Å². The van der Waals surface area contributed by atoms with Crippen molar-refractivity contribution in [2.75, 3.05) is 4.90 Å². The van der Waals surface area contributed by atoms with Crippen LogP contribution in [0, 0.1) is 0 Å². The van der Waals surface area contributed by atoms with Gasteiger partial charge in [-0.2, -0.15) is 5.10 Å². The van der Waals surface area contributed by atoms with E-state index in [9.17, 15) is 18.4 Å². The van der Waals surface area contributed by atoms with Crippen molar-refractivity contribution in [3.63, 3.8) is 0 Å². The van der Waals surface area contributed by atoms with E-state index in [0.717, 1.165) is 17.5 Å². The van der Waals surface area contributed by atoms with Gasteiger partial charge < -0.3 is 19.4 Å². The number of aromatic nitrogens is 4. The number of H-pyrrole nitrogens is 1. The third-order valence-corrected chi connectivity index (χ3v) is 6.59. The van der Waals surface area contributed by atoms with E-state index >= 15 is 0 Å². The molecule has 1 fully saturated rings. The highest BCUT2D eigenvalue weighted by Gasteiger charge is 2.44. The van der Waals surface area contributed by atoms with Crippen LogP contribution in [-0.4, -0.2) is 38.0 Å². The number of carbonyl (C=O) groups is 1.